The molecule has 1 nitrogen and oxygen atoms in total. The van der Waals surface area contributed by atoms with Crippen molar-refractivity contribution < 1.29 is 4.48 Å². The van der Waals surface area contributed by atoms with Crippen molar-refractivity contribution >= 4 is 11.6 Å². The van der Waals surface area contributed by atoms with E-state index in [9.17, 15) is 0 Å². The van der Waals surface area contributed by atoms with Crippen LogP contribution in [-0.2, 0) is 0 Å². The van der Waals surface area contributed by atoms with Crippen LogP contribution in [0, 0.1) is 0 Å². The lowest BCUT2D eigenvalue weighted by atomic mass is 10.3. The summed E-state index contributed by atoms with van der Waals surface area (Å²) in [4.78, 5) is 0. The first-order valence-corrected chi connectivity index (χ1v) is 5.65. The second-order valence-electron chi connectivity index (χ2n) is 3.67. The number of likely N-dealkylation sites (N-methyl/N-ethyl adjacent to an activating group) is 1. The Bertz CT molecular complexity index is 155. The van der Waals surface area contributed by atoms with E-state index in [1.807, 2.05) is 6.92 Å². The molecule has 78 valence electrons. The van der Waals surface area contributed by atoms with Crippen LogP contribution in [0.3, 0.4) is 0 Å². The van der Waals surface area contributed by atoms with Gasteiger partial charge in [-0.2, -0.15) is 0 Å². The standard InChI is InChI=1S/C11H23ClN/c1-5-9-13(6-2,7-3)10-8-11(4)12/h8H,5-7,9-10H2,1-4H3/q+1/b11-8-. The molecular formula is C11H23ClN+. The fourth-order valence-electron chi connectivity index (χ4n) is 1.68. The van der Waals surface area contributed by atoms with Gasteiger partial charge in [0.25, 0.3) is 0 Å². The molecule has 0 aromatic carbocycles. The molecule has 0 saturated carbocycles. The summed E-state index contributed by atoms with van der Waals surface area (Å²) in [6.07, 6.45) is 3.39. The predicted octanol–water partition coefficient (Wildman–Crippen LogP) is 3.40. The first-order valence-electron chi connectivity index (χ1n) is 5.27. The number of quaternary nitrogens is 1. The maximum Gasteiger partial charge on any atom is 0.0987 e. The lowest BCUT2D eigenvalue weighted by Gasteiger charge is -2.35. The minimum absolute atomic E-state index is 0.917. The molecule has 0 bridgehead atoms. The van der Waals surface area contributed by atoms with Crippen LogP contribution in [0.25, 0.3) is 0 Å². The molecule has 0 aliphatic rings. The summed E-state index contributed by atoms with van der Waals surface area (Å²) in [5, 5.41) is 0.917. The summed E-state index contributed by atoms with van der Waals surface area (Å²) in [7, 11) is 0. The SMILES string of the molecule is CCC[N+](CC)(CC)C/C=C(/C)Cl. The smallest absolute Gasteiger partial charge is 0.0987 e. The Morgan fingerprint density at radius 1 is 1.23 bits per heavy atom. The molecule has 0 aliphatic carbocycles. The Morgan fingerprint density at radius 2 is 1.77 bits per heavy atom. The summed E-state index contributed by atoms with van der Waals surface area (Å²) >= 11 is 5.85. The van der Waals surface area contributed by atoms with E-state index in [1.165, 1.54) is 30.5 Å². The first kappa shape index (κ1) is 13.0. The summed E-state index contributed by atoms with van der Waals surface area (Å²) in [5.41, 5.74) is 0. The van der Waals surface area contributed by atoms with Crippen LogP contribution in [0.2, 0.25) is 0 Å². The van der Waals surface area contributed by atoms with Crippen molar-refractivity contribution in [1.82, 2.24) is 0 Å². The number of halogens is 1. The molecule has 0 rings (SSSR count). The van der Waals surface area contributed by atoms with Gasteiger partial charge in [0.1, 0.15) is 0 Å². The summed E-state index contributed by atoms with van der Waals surface area (Å²) in [6.45, 7) is 13.5. The molecule has 0 atom stereocenters. The van der Waals surface area contributed by atoms with Crippen LogP contribution in [0.5, 0.6) is 0 Å². The first-order chi connectivity index (χ1) is 6.10. The molecule has 0 spiro atoms. The van der Waals surface area contributed by atoms with Gasteiger partial charge in [-0.1, -0.05) is 18.5 Å². The molecular weight excluding hydrogens is 182 g/mol. The number of hydrogen-bond donors (Lipinski definition) is 0. The van der Waals surface area contributed by atoms with Gasteiger partial charge in [-0.3, -0.25) is 0 Å². The van der Waals surface area contributed by atoms with Gasteiger partial charge >= 0.3 is 0 Å². The summed E-state index contributed by atoms with van der Waals surface area (Å²) < 4.78 is 1.17. The van der Waals surface area contributed by atoms with Crippen LogP contribution in [0.15, 0.2) is 11.1 Å². The van der Waals surface area contributed by atoms with Gasteiger partial charge in [-0.15, -0.1) is 0 Å². The van der Waals surface area contributed by atoms with Gasteiger partial charge in [0.15, 0.2) is 0 Å². The molecule has 0 saturated heterocycles. The zero-order valence-electron chi connectivity index (χ0n) is 9.44. The van der Waals surface area contributed by atoms with E-state index in [-0.39, 0.29) is 0 Å². The highest BCUT2D eigenvalue weighted by molar-refractivity contribution is 6.29. The summed E-state index contributed by atoms with van der Waals surface area (Å²) in [6, 6.07) is 0. The summed E-state index contributed by atoms with van der Waals surface area (Å²) in [5.74, 6) is 0. The largest absolute Gasteiger partial charge is 0.321 e. The highest BCUT2D eigenvalue weighted by atomic mass is 35.5. The van der Waals surface area contributed by atoms with Gasteiger partial charge in [0.2, 0.25) is 0 Å². The Kier molecular flexibility index (Phi) is 6.44. The second-order valence-corrected chi connectivity index (χ2v) is 4.27. The highest BCUT2D eigenvalue weighted by Crippen LogP contribution is 2.10. The van der Waals surface area contributed by atoms with Crippen molar-refractivity contribution in [2.24, 2.45) is 0 Å². The zero-order valence-corrected chi connectivity index (χ0v) is 10.2. The molecule has 0 unspecified atom stereocenters. The van der Waals surface area contributed by atoms with E-state index < -0.39 is 0 Å². The molecule has 2 heteroatoms. The van der Waals surface area contributed by atoms with Crippen molar-refractivity contribution in [2.45, 2.75) is 34.1 Å². The molecule has 0 heterocycles. The minimum Gasteiger partial charge on any atom is -0.321 e. The minimum atomic E-state index is 0.917. The third kappa shape index (κ3) is 4.68. The third-order valence-electron chi connectivity index (χ3n) is 2.80. The molecule has 0 aromatic rings. The van der Waals surface area contributed by atoms with Crippen molar-refractivity contribution in [1.29, 1.82) is 0 Å². The van der Waals surface area contributed by atoms with Gasteiger partial charge in [-0.05, 0) is 33.3 Å². The average molecular weight is 205 g/mol. The van der Waals surface area contributed by atoms with Crippen LogP contribution in [0.4, 0.5) is 0 Å². The lowest BCUT2D eigenvalue weighted by molar-refractivity contribution is -0.919. The fourth-order valence-corrected chi connectivity index (χ4v) is 1.75. The molecule has 0 amide bonds. The number of allylic oxidation sites excluding steroid dienone is 1. The van der Waals surface area contributed by atoms with Gasteiger partial charge in [-0.25, -0.2) is 0 Å². The number of hydrogen-bond acceptors (Lipinski definition) is 0. The van der Waals surface area contributed by atoms with Crippen molar-refractivity contribution in [2.75, 3.05) is 26.2 Å². The molecule has 0 N–H and O–H groups in total. The number of rotatable bonds is 6. The third-order valence-corrected chi connectivity index (χ3v) is 2.95. The Balaban J connectivity index is 4.29. The van der Waals surface area contributed by atoms with E-state index >= 15 is 0 Å². The van der Waals surface area contributed by atoms with E-state index in [1.54, 1.807) is 0 Å². The maximum atomic E-state index is 5.85. The quantitative estimate of drug-likeness (QED) is 0.582. The zero-order chi connectivity index (χ0) is 10.3. The molecule has 0 radical (unpaired) electrons. The Morgan fingerprint density at radius 3 is 2.08 bits per heavy atom. The van der Waals surface area contributed by atoms with Crippen molar-refractivity contribution in [3.05, 3.63) is 11.1 Å². The van der Waals surface area contributed by atoms with Crippen LogP contribution in [0.1, 0.15) is 34.1 Å². The Hall–Kier alpha value is -0.0100. The second kappa shape index (κ2) is 6.44. The van der Waals surface area contributed by atoms with Gasteiger partial charge < -0.3 is 4.48 Å². The van der Waals surface area contributed by atoms with Crippen LogP contribution in [-0.4, -0.2) is 30.7 Å². The van der Waals surface area contributed by atoms with Crippen molar-refractivity contribution in [3.63, 3.8) is 0 Å². The van der Waals surface area contributed by atoms with Gasteiger partial charge in [0, 0.05) is 5.03 Å². The molecule has 13 heavy (non-hydrogen) atoms. The van der Waals surface area contributed by atoms with E-state index in [0.29, 0.717) is 0 Å². The molecule has 0 aliphatic heterocycles. The highest BCUT2D eigenvalue weighted by Gasteiger charge is 2.19. The molecule has 0 fully saturated rings. The van der Waals surface area contributed by atoms with E-state index in [4.69, 9.17) is 11.6 Å². The molecule has 0 aromatic heterocycles. The Labute approximate surface area is 88.0 Å². The van der Waals surface area contributed by atoms with E-state index in [2.05, 4.69) is 26.8 Å². The van der Waals surface area contributed by atoms with Crippen LogP contribution < -0.4 is 0 Å². The predicted molar refractivity (Wildman–Crippen MR) is 61.0 cm³/mol. The van der Waals surface area contributed by atoms with E-state index in [0.717, 1.165) is 11.6 Å². The lowest BCUT2D eigenvalue weighted by Crippen LogP contribution is -2.48. The number of nitrogens with zero attached hydrogens (tertiary/aromatic N) is 1. The topological polar surface area (TPSA) is 0 Å². The average Bonchev–Trinajstić information content (AvgIpc) is 2.12. The maximum absolute atomic E-state index is 5.85. The fraction of sp³-hybridized carbons (Fsp3) is 0.818. The normalized spacial score (nSPS) is 13.5. The van der Waals surface area contributed by atoms with Crippen LogP contribution >= 0.6 is 11.6 Å². The van der Waals surface area contributed by atoms with Crippen molar-refractivity contribution in [3.8, 4) is 0 Å². The monoisotopic (exact) mass is 204 g/mol. The van der Waals surface area contributed by atoms with Gasteiger partial charge in [0.05, 0.1) is 26.2 Å².